The molecule has 27 heavy (non-hydrogen) atoms. The van der Waals surface area contributed by atoms with Crippen molar-refractivity contribution in [3.8, 4) is 0 Å². The highest BCUT2D eigenvalue weighted by molar-refractivity contribution is 8.02. The predicted molar refractivity (Wildman–Crippen MR) is 113 cm³/mol. The SMILES string of the molecule is Cc1ccc(Nc2nnc(S[C@@H](C)C(=O)NCc3ccccc3)s2)c(C)c1. The van der Waals surface area contributed by atoms with E-state index in [1.54, 1.807) is 0 Å². The Labute approximate surface area is 167 Å². The lowest BCUT2D eigenvalue weighted by atomic mass is 10.1. The van der Waals surface area contributed by atoms with E-state index >= 15 is 0 Å². The maximum absolute atomic E-state index is 12.3. The van der Waals surface area contributed by atoms with Gasteiger partial charge in [-0.3, -0.25) is 4.79 Å². The van der Waals surface area contributed by atoms with Crippen LogP contribution in [-0.2, 0) is 11.3 Å². The fourth-order valence-electron chi connectivity index (χ4n) is 2.51. The summed E-state index contributed by atoms with van der Waals surface area (Å²) in [5.74, 6) is -0.0112. The van der Waals surface area contributed by atoms with Crippen molar-refractivity contribution < 1.29 is 4.79 Å². The second-order valence-electron chi connectivity index (χ2n) is 6.28. The van der Waals surface area contributed by atoms with E-state index in [4.69, 9.17) is 0 Å². The van der Waals surface area contributed by atoms with Crippen molar-refractivity contribution in [2.45, 2.75) is 36.9 Å². The van der Waals surface area contributed by atoms with Crippen molar-refractivity contribution in [2.24, 2.45) is 0 Å². The van der Waals surface area contributed by atoms with Crippen molar-refractivity contribution in [2.75, 3.05) is 5.32 Å². The summed E-state index contributed by atoms with van der Waals surface area (Å²) in [6.45, 7) is 6.54. The number of hydrogen-bond donors (Lipinski definition) is 2. The molecule has 0 aliphatic rings. The van der Waals surface area contributed by atoms with E-state index in [0.717, 1.165) is 26.3 Å². The molecule has 0 radical (unpaired) electrons. The van der Waals surface area contributed by atoms with Gasteiger partial charge < -0.3 is 10.6 Å². The zero-order valence-electron chi connectivity index (χ0n) is 15.5. The van der Waals surface area contributed by atoms with E-state index in [1.807, 2.05) is 43.3 Å². The third kappa shape index (κ3) is 5.55. The Morgan fingerprint density at radius 3 is 2.67 bits per heavy atom. The molecule has 2 aromatic carbocycles. The molecule has 0 aliphatic heterocycles. The first kappa shape index (κ1) is 19.4. The van der Waals surface area contributed by atoms with Crippen molar-refractivity contribution in [3.05, 3.63) is 65.2 Å². The Bertz CT molecular complexity index is 911. The lowest BCUT2D eigenvalue weighted by molar-refractivity contribution is -0.120. The molecule has 1 heterocycles. The monoisotopic (exact) mass is 398 g/mol. The quantitative estimate of drug-likeness (QED) is 0.565. The number of benzene rings is 2. The van der Waals surface area contributed by atoms with Gasteiger partial charge in [-0.15, -0.1) is 10.2 Å². The fourth-order valence-corrected chi connectivity index (χ4v) is 4.44. The van der Waals surface area contributed by atoms with Crippen molar-refractivity contribution >= 4 is 39.8 Å². The van der Waals surface area contributed by atoms with Crippen LogP contribution < -0.4 is 10.6 Å². The molecule has 0 fully saturated rings. The van der Waals surface area contributed by atoms with Crippen molar-refractivity contribution in [1.29, 1.82) is 0 Å². The van der Waals surface area contributed by atoms with Crippen LogP contribution in [0.4, 0.5) is 10.8 Å². The van der Waals surface area contributed by atoms with E-state index in [1.165, 1.54) is 28.7 Å². The predicted octanol–water partition coefficient (Wildman–Crippen LogP) is 4.70. The van der Waals surface area contributed by atoms with Crippen LogP contribution >= 0.6 is 23.1 Å². The number of thioether (sulfide) groups is 1. The highest BCUT2D eigenvalue weighted by Crippen LogP contribution is 2.31. The number of aryl methyl sites for hydroxylation is 2. The zero-order chi connectivity index (χ0) is 19.2. The maximum Gasteiger partial charge on any atom is 0.233 e. The Kier molecular flexibility index (Phi) is 6.47. The van der Waals surface area contributed by atoms with E-state index in [-0.39, 0.29) is 11.2 Å². The van der Waals surface area contributed by atoms with Crippen LogP contribution in [0.3, 0.4) is 0 Å². The summed E-state index contributed by atoms with van der Waals surface area (Å²) >= 11 is 2.87. The van der Waals surface area contributed by atoms with E-state index in [9.17, 15) is 4.79 Å². The summed E-state index contributed by atoms with van der Waals surface area (Å²) < 4.78 is 0.768. The van der Waals surface area contributed by atoms with Gasteiger partial charge >= 0.3 is 0 Å². The Hall–Kier alpha value is -2.38. The molecule has 3 aromatic rings. The molecule has 140 valence electrons. The molecule has 0 aliphatic carbocycles. The normalized spacial score (nSPS) is 11.8. The minimum atomic E-state index is -0.240. The van der Waals surface area contributed by atoms with Gasteiger partial charge in [0.25, 0.3) is 0 Å². The molecule has 5 nitrogen and oxygen atoms in total. The third-order valence-electron chi connectivity index (χ3n) is 3.99. The van der Waals surface area contributed by atoms with Crippen LogP contribution in [0, 0.1) is 13.8 Å². The minimum absolute atomic E-state index is 0.0112. The Balaban J connectivity index is 1.54. The standard InChI is InChI=1S/C20H22N4OS2/c1-13-9-10-17(14(2)11-13)22-19-23-24-20(27-19)26-15(3)18(25)21-12-16-7-5-4-6-8-16/h4-11,15H,12H2,1-3H3,(H,21,25)(H,22,23)/t15-/m0/s1. The van der Waals surface area contributed by atoms with Gasteiger partial charge in [0, 0.05) is 12.2 Å². The average molecular weight is 399 g/mol. The Morgan fingerprint density at radius 1 is 1.15 bits per heavy atom. The minimum Gasteiger partial charge on any atom is -0.351 e. The van der Waals surface area contributed by atoms with Gasteiger partial charge in [-0.05, 0) is 38.0 Å². The van der Waals surface area contributed by atoms with Gasteiger partial charge in [-0.25, -0.2) is 0 Å². The van der Waals surface area contributed by atoms with Gasteiger partial charge in [-0.2, -0.15) is 0 Å². The van der Waals surface area contributed by atoms with Gasteiger partial charge in [0.15, 0.2) is 4.34 Å². The average Bonchev–Trinajstić information content (AvgIpc) is 3.10. The fraction of sp³-hybridized carbons (Fsp3) is 0.250. The molecule has 1 atom stereocenters. The first-order valence-corrected chi connectivity index (χ1v) is 10.4. The molecule has 7 heteroatoms. The highest BCUT2D eigenvalue weighted by atomic mass is 32.2. The number of nitrogens with one attached hydrogen (secondary N) is 2. The lowest BCUT2D eigenvalue weighted by Gasteiger charge is -2.10. The van der Waals surface area contributed by atoms with Crippen LogP contribution in [0.1, 0.15) is 23.6 Å². The second-order valence-corrected chi connectivity index (χ2v) is 8.85. The Morgan fingerprint density at radius 2 is 1.93 bits per heavy atom. The van der Waals surface area contributed by atoms with Crippen LogP contribution in [0.25, 0.3) is 0 Å². The third-order valence-corrected chi connectivity index (χ3v) is 6.01. The zero-order valence-corrected chi connectivity index (χ0v) is 17.2. The molecule has 0 unspecified atom stereocenters. The van der Waals surface area contributed by atoms with Gasteiger partial charge in [0.2, 0.25) is 11.0 Å². The smallest absolute Gasteiger partial charge is 0.233 e. The summed E-state index contributed by atoms with van der Waals surface area (Å²) in [6.07, 6.45) is 0. The molecule has 1 aromatic heterocycles. The number of carbonyl (C=O) groups is 1. The summed E-state index contributed by atoms with van der Waals surface area (Å²) in [5, 5.41) is 15.1. The molecule has 2 N–H and O–H groups in total. The summed E-state index contributed by atoms with van der Waals surface area (Å²) in [4.78, 5) is 12.3. The lowest BCUT2D eigenvalue weighted by Crippen LogP contribution is -2.30. The number of rotatable bonds is 7. The largest absolute Gasteiger partial charge is 0.351 e. The molecule has 3 rings (SSSR count). The first-order valence-electron chi connectivity index (χ1n) is 8.67. The molecule has 1 amide bonds. The van der Waals surface area contributed by atoms with E-state index < -0.39 is 0 Å². The van der Waals surface area contributed by atoms with Crippen molar-refractivity contribution in [1.82, 2.24) is 15.5 Å². The molecule has 0 saturated carbocycles. The van der Waals surface area contributed by atoms with Gasteiger partial charge in [-0.1, -0.05) is 71.1 Å². The number of nitrogens with zero attached hydrogens (tertiary/aromatic N) is 2. The van der Waals surface area contributed by atoms with Crippen LogP contribution in [-0.4, -0.2) is 21.4 Å². The number of amides is 1. The molecular weight excluding hydrogens is 376 g/mol. The van der Waals surface area contributed by atoms with Crippen LogP contribution in [0.15, 0.2) is 52.9 Å². The van der Waals surface area contributed by atoms with Crippen molar-refractivity contribution in [3.63, 3.8) is 0 Å². The summed E-state index contributed by atoms with van der Waals surface area (Å²) in [7, 11) is 0. The maximum atomic E-state index is 12.3. The van der Waals surface area contributed by atoms with E-state index in [0.29, 0.717) is 6.54 Å². The molecular formula is C20H22N4OS2. The van der Waals surface area contributed by atoms with Gasteiger partial charge in [0.1, 0.15) is 0 Å². The van der Waals surface area contributed by atoms with Crippen LogP contribution in [0.2, 0.25) is 0 Å². The van der Waals surface area contributed by atoms with Gasteiger partial charge in [0.05, 0.1) is 5.25 Å². The van der Waals surface area contributed by atoms with Crippen LogP contribution in [0.5, 0.6) is 0 Å². The number of anilines is 2. The summed E-state index contributed by atoms with van der Waals surface area (Å²) in [6, 6.07) is 16.1. The topological polar surface area (TPSA) is 66.9 Å². The molecule has 0 spiro atoms. The number of hydrogen-bond acceptors (Lipinski definition) is 6. The first-order chi connectivity index (χ1) is 13.0. The molecule has 0 saturated heterocycles. The number of carbonyl (C=O) groups excluding carboxylic acids is 1. The molecule has 0 bridgehead atoms. The number of aromatic nitrogens is 2. The second kappa shape index (κ2) is 9.01. The summed E-state index contributed by atoms with van der Waals surface area (Å²) in [5.41, 5.74) is 4.48. The van der Waals surface area contributed by atoms with E-state index in [2.05, 4.69) is 46.8 Å². The highest BCUT2D eigenvalue weighted by Gasteiger charge is 2.17.